The lowest BCUT2D eigenvalue weighted by Gasteiger charge is -2.35. The van der Waals surface area contributed by atoms with Gasteiger partial charge in [0.15, 0.2) is 0 Å². The average Bonchev–Trinajstić information content (AvgIpc) is 2.87. The Morgan fingerprint density at radius 2 is 1.90 bits per heavy atom. The van der Waals surface area contributed by atoms with E-state index in [9.17, 15) is 4.79 Å². The molecule has 1 aromatic carbocycles. The SMILES string of the molecule is O=C1N(C2CC3CCC2C3)C(c2ccccc2)NC12CC2. The van der Waals surface area contributed by atoms with E-state index in [1.807, 2.05) is 0 Å². The zero-order chi connectivity index (χ0) is 14.0. The van der Waals surface area contributed by atoms with Gasteiger partial charge < -0.3 is 4.90 Å². The van der Waals surface area contributed by atoms with Gasteiger partial charge in [0.25, 0.3) is 0 Å². The second-order valence-corrected chi connectivity index (χ2v) is 7.49. The highest BCUT2D eigenvalue weighted by Gasteiger charge is 2.62. The number of carbonyl (C=O) groups excluding carboxylic acids is 1. The smallest absolute Gasteiger partial charge is 0.244 e. The Kier molecular flexibility index (Phi) is 2.38. The molecule has 4 atom stereocenters. The Balaban J connectivity index is 1.52. The minimum absolute atomic E-state index is 0.102. The molecule has 3 aliphatic carbocycles. The number of hydrogen-bond acceptors (Lipinski definition) is 2. The summed E-state index contributed by atoms with van der Waals surface area (Å²) in [6, 6.07) is 11.0. The molecule has 3 heteroatoms. The lowest BCUT2D eigenvalue weighted by atomic mass is 9.93. The zero-order valence-corrected chi connectivity index (χ0v) is 12.3. The average molecular weight is 282 g/mol. The molecule has 1 aromatic rings. The monoisotopic (exact) mass is 282 g/mol. The molecule has 1 aliphatic heterocycles. The quantitative estimate of drug-likeness (QED) is 0.904. The highest BCUT2D eigenvalue weighted by Crippen LogP contribution is 2.53. The van der Waals surface area contributed by atoms with Gasteiger partial charge in [0.1, 0.15) is 11.7 Å². The van der Waals surface area contributed by atoms with E-state index in [0.717, 1.165) is 24.7 Å². The molecular formula is C18H22N2O. The van der Waals surface area contributed by atoms with Crippen LogP contribution < -0.4 is 5.32 Å². The first-order valence-corrected chi connectivity index (χ1v) is 8.42. The molecule has 2 bridgehead atoms. The van der Waals surface area contributed by atoms with Crippen molar-refractivity contribution in [2.45, 2.75) is 56.3 Å². The lowest BCUT2D eigenvalue weighted by molar-refractivity contribution is -0.134. The predicted octanol–water partition coefficient (Wildman–Crippen LogP) is 2.84. The maximum Gasteiger partial charge on any atom is 0.244 e. The number of nitrogens with zero attached hydrogens (tertiary/aromatic N) is 1. The molecule has 0 aromatic heterocycles. The number of carbonyl (C=O) groups is 1. The Bertz CT molecular complexity index is 580. The van der Waals surface area contributed by atoms with Crippen molar-refractivity contribution in [1.29, 1.82) is 0 Å². The van der Waals surface area contributed by atoms with Gasteiger partial charge in [-0.2, -0.15) is 0 Å². The highest BCUT2D eigenvalue weighted by atomic mass is 16.2. The molecule has 1 N–H and O–H groups in total. The summed E-state index contributed by atoms with van der Waals surface area (Å²) >= 11 is 0. The third kappa shape index (κ3) is 1.67. The number of benzene rings is 1. The molecule has 4 fully saturated rings. The van der Waals surface area contributed by atoms with Gasteiger partial charge in [-0.15, -0.1) is 0 Å². The van der Waals surface area contributed by atoms with Crippen molar-refractivity contribution in [3.63, 3.8) is 0 Å². The van der Waals surface area contributed by atoms with Crippen LogP contribution in [0.4, 0.5) is 0 Å². The number of nitrogens with one attached hydrogen (secondary N) is 1. The van der Waals surface area contributed by atoms with Crippen molar-refractivity contribution in [3.8, 4) is 0 Å². The summed E-state index contributed by atoms with van der Waals surface area (Å²) in [5.41, 5.74) is 1.04. The van der Waals surface area contributed by atoms with Crippen LogP contribution in [0.2, 0.25) is 0 Å². The van der Waals surface area contributed by atoms with Crippen LogP contribution in [0.25, 0.3) is 0 Å². The number of hydrogen-bond donors (Lipinski definition) is 1. The van der Waals surface area contributed by atoms with Gasteiger partial charge >= 0.3 is 0 Å². The molecule has 5 rings (SSSR count). The molecule has 3 saturated carbocycles. The second-order valence-electron chi connectivity index (χ2n) is 7.49. The van der Waals surface area contributed by atoms with Crippen molar-refractivity contribution < 1.29 is 4.79 Å². The predicted molar refractivity (Wildman–Crippen MR) is 80.4 cm³/mol. The van der Waals surface area contributed by atoms with Crippen LogP contribution in [0, 0.1) is 11.8 Å². The Morgan fingerprint density at radius 3 is 2.52 bits per heavy atom. The van der Waals surface area contributed by atoms with Crippen molar-refractivity contribution >= 4 is 5.91 Å². The summed E-state index contributed by atoms with van der Waals surface area (Å²) in [4.78, 5) is 15.2. The van der Waals surface area contributed by atoms with Gasteiger partial charge in [0, 0.05) is 6.04 Å². The van der Waals surface area contributed by atoms with Crippen LogP contribution in [0.1, 0.15) is 50.3 Å². The van der Waals surface area contributed by atoms with Gasteiger partial charge in [-0.1, -0.05) is 36.8 Å². The second kappa shape index (κ2) is 4.10. The third-order valence-electron chi connectivity index (χ3n) is 6.26. The van der Waals surface area contributed by atoms with Gasteiger partial charge in [-0.25, -0.2) is 0 Å². The van der Waals surface area contributed by atoms with Gasteiger partial charge in [0.2, 0.25) is 5.91 Å². The standard InChI is InChI=1S/C18H22N2O/c21-17-18(8-9-18)19-16(13-4-2-1-3-5-13)20(17)15-11-12-6-7-14(15)10-12/h1-5,12,14-16,19H,6-11H2. The topological polar surface area (TPSA) is 32.3 Å². The van der Waals surface area contributed by atoms with E-state index in [1.54, 1.807) is 0 Å². The van der Waals surface area contributed by atoms with E-state index in [-0.39, 0.29) is 11.7 Å². The Morgan fingerprint density at radius 1 is 1.10 bits per heavy atom. The van der Waals surface area contributed by atoms with E-state index >= 15 is 0 Å². The summed E-state index contributed by atoms with van der Waals surface area (Å²) in [6.45, 7) is 0. The molecule has 4 aliphatic rings. The first-order valence-electron chi connectivity index (χ1n) is 8.42. The molecule has 1 amide bonds. The van der Waals surface area contributed by atoms with E-state index in [2.05, 4.69) is 40.5 Å². The van der Waals surface area contributed by atoms with Crippen LogP contribution in [0.5, 0.6) is 0 Å². The fourth-order valence-electron chi connectivity index (χ4n) is 5.01. The van der Waals surface area contributed by atoms with Gasteiger partial charge in [-0.05, 0) is 49.5 Å². The molecule has 4 unspecified atom stereocenters. The van der Waals surface area contributed by atoms with E-state index in [0.29, 0.717) is 11.9 Å². The summed E-state index contributed by atoms with van der Waals surface area (Å²) in [5.74, 6) is 2.01. The van der Waals surface area contributed by atoms with Crippen molar-refractivity contribution in [2.75, 3.05) is 0 Å². The highest BCUT2D eigenvalue weighted by molar-refractivity contribution is 5.92. The summed E-state index contributed by atoms with van der Waals surface area (Å²) in [5, 5.41) is 3.67. The van der Waals surface area contributed by atoms with Gasteiger partial charge in [0.05, 0.1) is 0 Å². The first kappa shape index (κ1) is 12.2. The van der Waals surface area contributed by atoms with Crippen molar-refractivity contribution in [3.05, 3.63) is 35.9 Å². The maximum atomic E-state index is 13.0. The summed E-state index contributed by atoms with van der Waals surface area (Å²) < 4.78 is 0. The third-order valence-corrected chi connectivity index (χ3v) is 6.26. The van der Waals surface area contributed by atoms with Crippen molar-refractivity contribution in [1.82, 2.24) is 10.2 Å². The molecule has 1 heterocycles. The van der Waals surface area contributed by atoms with Crippen LogP contribution in [0.15, 0.2) is 30.3 Å². The molecule has 0 radical (unpaired) electrons. The van der Waals surface area contributed by atoms with Crippen molar-refractivity contribution in [2.24, 2.45) is 11.8 Å². The molecular weight excluding hydrogens is 260 g/mol. The molecule has 3 nitrogen and oxygen atoms in total. The van der Waals surface area contributed by atoms with Crippen LogP contribution in [-0.2, 0) is 4.79 Å². The normalized spacial score (nSPS) is 39.4. The Hall–Kier alpha value is -1.35. The van der Waals surface area contributed by atoms with E-state index in [1.165, 1.54) is 31.2 Å². The number of fused-ring (bicyclic) bond motifs is 2. The zero-order valence-electron chi connectivity index (χ0n) is 12.3. The van der Waals surface area contributed by atoms with Crippen LogP contribution in [-0.4, -0.2) is 22.4 Å². The first-order chi connectivity index (χ1) is 10.3. The summed E-state index contributed by atoms with van der Waals surface area (Å²) in [7, 11) is 0. The molecule has 21 heavy (non-hydrogen) atoms. The molecule has 1 saturated heterocycles. The summed E-state index contributed by atoms with van der Waals surface area (Å²) in [6.07, 6.45) is 7.44. The number of rotatable bonds is 2. The van der Waals surface area contributed by atoms with Crippen LogP contribution in [0.3, 0.4) is 0 Å². The maximum absolute atomic E-state index is 13.0. The fraction of sp³-hybridized carbons (Fsp3) is 0.611. The molecule has 110 valence electrons. The largest absolute Gasteiger partial charge is 0.318 e. The van der Waals surface area contributed by atoms with E-state index < -0.39 is 0 Å². The van der Waals surface area contributed by atoms with Crippen LogP contribution >= 0.6 is 0 Å². The Labute approximate surface area is 125 Å². The van der Waals surface area contributed by atoms with E-state index in [4.69, 9.17) is 0 Å². The molecule has 1 spiro atoms. The number of amides is 1. The van der Waals surface area contributed by atoms with Gasteiger partial charge in [-0.3, -0.25) is 10.1 Å². The lowest BCUT2D eigenvalue weighted by Crippen LogP contribution is -2.43. The minimum Gasteiger partial charge on any atom is -0.318 e. The minimum atomic E-state index is -0.206. The fourth-order valence-corrected chi connectivity index (χ4v) is 5.01.